The Morgan fingerprint density at radius 3 is 2.22 bits per heavy atom. The molecule has 1 heterocycles. The van der Waals surface area contributed by atoms with Gasteiger partial charge in [0.15, 0.2) is 5.78 Å². The molecular formula is C26H31N3O6S. The number of nitrogens with two attached hydrogens (primary N) is 1. The third-order valence-corrected chi connectivity index (χ3v) is 6.43. The number of methoxy groups -OCH3 is 2. The van der Waals surface area contributed by atoms with E-state index in [1.165, 1.54) is 25.8 Å². The summed E-state index contributed by atoms with van der Waals surface area (Å²) < 4.78 is 33.4. The van der Waals surface area contributed by atoms with Gasteiger partial charge < -0.3 is 19.4 Å². The minimum Gasteiger partial charge on any atom is -0.496 e. The molecule has 0 unspecified atom stereocenters. The molecule has 0 aliphatic heterocycles. The van der Waals surface area contributed by atoms with Gasteiger partial charge in [0.2, 0.25) is 10.0 Å². The van der Waals surface area contributed by atoms with Crippen LogP contribution in [0, 0.1) is 6.92 Å². The summed E-state index contributed by atoms with van der Waals surface area (Å²) in [5.74, 6) is -0.587. The lowest BCUT2D eigenvalue weighted by Crippen LogP contribution is -2.32. The predicted molar refractivity (Wildman–Crippen MR) is 137 cm³/mol. The van der Waals surface area contributed by atoms with E-state index in [4.69, 9.17) is 14.6 Å². The van der Waals surface area contributed by atoms with Crippen molar-refractivity contribution in [1.82, 2.24) is 9.88 Å². The lowest BCUT2D eigenvalue weighted by Gasteiger charge is -2.23. The van der Waals surface area contributed by atoms with Crippen LogP contribution in [-0.2, 0) is 23.0 Å². The third-order valence-electron chi connectivity index (χ3n) is 5.76. The molecule has 0 atom stereocenters. The number of carbonyl (C=O) groups excluding carboxylic acids is 2. The van der Waals surface area contributed by atoms with Gasteiger partial charge in [-0.3, -0.25) is 9.59 Å². The normalized spacial score (nSPS) is 11.2. The summed E-state index contributed by atoms with van der Waals surface area (Å²) in [7, 11) is -0.879. The first kappa shape index (κ1) is 27.0. The van der Waals surface area contributed by atoms with Gasteiger partial charge in [0, 0.05) is 23.4 Å². The fourth-order valence-electron chi connectivity index (χ4n) is 3.92. The molecule has 1 amide bonds. The van der Waals surface area contributed by atoms with Crippen LogP contribution in [0.1, 0.15) is 44.1 Å². The van der Waals surface area contributed by atoms with E-state index in [0.717, 1.165) is 12.0 Å². The van der Waals surface area contributed by atoms with Crippen LogP contribution >= 0.6 is 0 Å². The van der Waals surface area contributed by atoms with Crippen molar-refractivity contribution in [2.24, 2.45) is 5.14 Å². The number of amides is 1. The fraction of sp³-hybridized carbons (Fsp3) is 0.308. The van der Waals surface area contributed by atoms with E-state index in [1.54, 1.807) is 23.1 Å². The van der Waals surface area contributed by atoms with Crippen LogP contribution in [0.15, 0.2) is 54.6 Å². The number of carbonyl (C=O) groups is 2. The zero-order valence-electron chi connectivity index (χ0n) is 20.6. The quantitative estimate of drug-likeness (QED) is 0.358. The lowest BCUT2D eigenvalue weighted by molar-refractivity contribution is 0.0738. The molecule has 3 aromatic rings. The predicted octanol–water partition coefficient (Wildman–Crippen LogP) is 3.09. The molecule has 0 radical (unpaired) electrons. The number of benzene rings is 2. The first-order valence-electron chi connectivity index (χ1n) is 11.4. The second-order valence-corrected chi connectivity index (χ2v) is 10.1. The van der Waals surface area contributed by atoms with Crippen LogP contribution in [0.5, 0.6) is 11.5 Å². The van der Waals surface area contributed by atoms with Gasteiger partial charge in [-0.25, -0.2) is 13.6 Å². The van der Waals surface area contributed by atoms with E-state index in [0.29, 0.717) is 35.7 Å². The van der Waals surface area contributed by atoms with Crippen LogP contribution in [0.25, 0.3) is 0 Å². The van der Waals surface area contributed by atoms with Gasteiger partial charge in [0.1, 0.15) is 17.3 Å². The summed E-state index contributed by atoms with van der Waals surface area (Å²) in [6, 6.07) is 16.5. The van der Waals surface area contributed by atoms with Crippen molar-refractivity contribution in [1.29, 1.82) is 0 Å². The number of nitrogens with one attached hydrogen (secondary N) is 1. The maximum absolute atomic E-state index is 13.6. The van der Waals surface area contributed by atoms with Crippen molar-refractivity contribution < 1.29 is 27.5 Å². The number of ketones is 1. The SMILES string of the molecule is COc1cc(C(=O)N(CCCc2ccccc2)Cc2ccc(C(=O)CS(N)(=O)=O)[nH]2)cc(OC)c1C. The lowest BCUT2D eigenvalue weighted by atomic mass is 10.1. The number of aromatic amines is 1. The van der Waals surface area contributed by atoms with E-state index >= 15 is 0 Å². The summed E-state index contributed by atoms with van der Waals surface area (Å²) in [6.45, 7) is 2.49. The van der Waals surface area contributed by atoms with Gasteiger partial charge in [0.25, 0.3) is 5.91 Å². The first-order chi connectivity index (χ1) is 17.1. The Kier molecular flexibility index (Phi) is 8.89. The number of ether oxygens (including phenoxy) is 2. The van der Waals surface area contributed by atoms with Crippen molar-refractivity contribution in [3.8, 4) is 11.5 Å². The van der Waals surface area contributed by atoms with Crippen molar-refractivity contribution in [3.63, 3.8) is 0 Å². The van der Waals surface area contributed by atoms with Gasteiger partial charge in [0.05, 0.1) is 26.5 Å². The zero-order chi connectivity index (χ0) is 26.3. The molecule has 0 spiro atoms. The Hall–Kier alpha value is -3.63. The van der Waals surface area contributed by atoms with E-state index in [9.17, 15) is 18.0 Å². The Bertz CT molecular complexity index is 1290. The molecule has 9 nitrogen and oxygen atoms in total. The highest BCUT2D eigenvalue weighted by Gasteiger charge is 2.21. The number of aromatic nitrogens is 1. The van der Waals surface area contributed by atoms with E-state index in [1.807, 2.05) is 37.3 Å². The second kappa shape index (κ2) is 11.9. The second-order valence-electron chi connectivity index (χ2n) is 8.45. The molecule has 0 saturated carbocycles. The number of nitrogens with zero attached hydrogens (tertiary/aromatic N) is 1. The summed E-state index contributed by atoms with van der Waals surface area (Å²) in [5.41, 5.74) is 3.07. The molecule has 0 aliphatic rings. The van der Waals surface area contributed by atoms with Crippen LogP contribution in [0.4, 0.5) is 0 Å². The van der Waals surface area contributed by atoms with Gasteiger partial charge in [-0.2, -0.15) is 0 Å². The number of aryl methyl sites for hydroxylation is 1. The standard InChI is InChI=1S/C26H31N3O6S/c1-18-24(34-2)14-20(15-25(18)35-3)26(31)29(13-7-10-19-8-5-4-6-9-19)16-21-11-12-22(28-21)23(30)17-36(27,32)33/h4-6,8-9,11-12,14-15,28H,7,10,13,16-17H2,1-3H3,(H2,27,32,33). The zero-order valence-corrected chi connectivity index (χ0v) is 21.4. The van der Waals surface area contributed by atoms with Crippen LogP contribution in [0.2, 0.25) is 0 Å². The number of Topliss-reactive ketones (excluding diaryl/α,β-unsaturated/α-hetero) is 1. The maximum atomic E-state index is 13.6. The van der Waals surface area contributed by atoms with Crippen molar-refractivity contribution >= 4 is 21.7 Å². The molecule has 0 bridgehead atoms. The highest BCUT2D eigenvalue weighted by Crippen LogP contribution is 2.30. The number of H-pyrrole nitrogens is 1. The number of primary sulfonamides is 1. The maximum Gasteiger partial charge on any atom is 0.254 e. The van der Waals surface area contributed by atoms with E-state index in [2.05, 4.69) is 4.98 Å². The molecule has 1 aromatic heterocycles. The molecule has 0 fully saturated rings. The highest BCUT2D eigenvalue weighted by molar-refractivity contribution is 7.89. The Morgan fingerprint density at radius 2 is 1.64 bits per heavy atom. The Labute approximate surface area is 211 Å². The number of sulfonamides is 1. The Balaban J connectivity index is 1.84. The molecule has 10 heteroatoms. The smallest absolute Gasteiger partial charge is 0.254 e. The van der Waals surface area contributed by atoms with Gasteiger partial charge in [-0.1, -0.05) is 30.3 Å². The molecule has 36 heavy (non-hydrogen) atoms. The minimum absolute atomic E-state index is 0.120. The molecule has 2 aromatic carbocycles. The largest absolute Gasteiger partial charge is 0.496 e. The molecule has 0 saturated heterocycles. The first-order valence-corrected chi connectivity index (χ1v) is 13.1. The molecule has 3 rings (SSSR count). The fourth-order valence-corrected chi connectivity index (χ4v) is 4.45. The van der Waals surface area contributed by atoms with Gasteiger partial charge in [-0.15, -0.1) is 0 Å². The highest BCUT2D eigenvalue weighted by atomic mass is 32.2. The Morgan fingerprint density at radius 1 is 1.00 bits per heavy atom. The number of hydrogen-bond donors (Lipinski definition) is 2. The summed E-state index contributed by atoms with van der Waals surface area (Å²) >= 11 is 0. The summed E-state index contributed by atoms with van der Waals surface area (Å²) in [5, 5.41) is 4.99. The van der Waals surface area contributed by atoms with E-state index in [-0.39, 0.29) is 18.1 Å². The molecular weight excluding hydrogens is 482 g/mol. The monoisotopic (exact) mass is 513 g/mol. The topological polar surface area (TPSA) is 132 Å². The number of hydrogen-bond acceptors (Lipinski definition) is 6. The van der Waals surface area contributed by atoms with Crippen molar-refractivity contribution in [2.45, 2.75) is 26.3 Å². The summed E-state index contributed by atoms with van der Waals surface area (Å²) in [6.07, 6.45) is 1.50. The molecule has 192 valence electrons. The van der Waals surface area contributed by atoms with Gasteiger partial charge >= 0.3 is 0 Å². The van der Waals surface area contributed by atoms with Gasteiger partial charge in [-0.05, 0) is 49.6 Å². The average molecular weight is 514 g/mol. The number of rotatable bonds is 12. The van der Waals surface area contributed by atoms with Crippen LogP contribution in [0.3, 0.4) is 0 Å². The molecule has 0 aliphatic carbocycles. The molecule has 3 N–H and O–H groups in total. The minimum atomic E-state index is -3.95. The van der Waals surface area contributed by atoms with Crippen molar-refractivity contribution in [3.05, 3.63) is 82.7 Å². The third kappa shape index (κ3) is 7.19. The van der Waals surface area contributed by atoms with E-state index < -0.39 is 21.6 Å². The average Bonchev–Trinajstić information content (AvgIpc) is 3.31. The van der Waals surface area contributed by atoms with Crippen molar-refractivity contribution in [2.75, 3.05) is 26.5 Å². The van der Waals surface area contributed by atoms with Crippen LogP contribution < -0.4 is 14.6 Å². The van der Waals surface area contributed by atoms with Crippen LogP contribution in [-0.4, -0.2) is 56.5 Å². The summed E-state index contributed by atoms with van der Waals surface area (Å²) in [4.78, 5) is 30.4.